The normalized spacial score (nSPS) is 38.5. The van der Waals surface area contributed by atoms with E-state index >= 15 is 0 Å². The zero-order chi connectivity index (χ0) is 8.43. The van der Waals surface area contributed by atoms with E-state index in [-0.39, 0.29) is 0 Å². The zero-order valence-corrected chi connectivity index (χ0v) is 6.70. The van der Waals surface area contributed by atoms with Crippen LogP contribution in [0.3, 0.4) is 0 Å². The molecule has 4 nitrogen and oxygen atoms in total. The summed E-state index contributed by atoms with van der Waals surface area (Å²) in [6, 6.07) is -0.855. The van der Waals surface area contributed by atoms with Crippen LogP contribution in [-0.2, 0) is 0 Å². The average molecular weight is 180 g/mol. The van der Waals surface area contributed by atoms with E-state index in [2.05, 4.69) is 0 Å². The summed E-state index contributed by atoms with van der Waals surface area (Å²) in [6.45, 7) is 0. The predicted molar refractivity (Wildman–Crippen MR) is 40.3 cm³/mol. The van der Waals surface area contributed by atoms with Gasteiger partial charge >= 0.3 is 0 Å². The first-order chi connectivity index (χ1) is 5.13. The van der Waals surface area contributed by atoms with Crippen molar-refractivity contribution in [3.05, 3.63) is 10.1 Å². The van der Waals surface area contributed by atoms with Gasteiger partial charge in [0.05, 0.1) is 5.38 Å². The molecule has 0 heterocycles. The van der Waals surface area contributed by atoms with Crippen molar-refractivity contribution >= 4 is 11.6 Å². The van der Waals surface area contributed by atoms with Crippen molar-refractivity contribution in [1.82, 2.24) is 0 Å². The first kappa shape index (κ1) is 8.74. The quantitative estimate of drug-likeness (QED) is 0.368. The minimum absolute atomic E-state index is 0.442. The number of hydrogen-bond donors (Lipinski definition) is 1. The van der Waals surface area contributed by atoms with Crippen LogP contribution in [0.5, 0.6) is 0 Å². The maximum atomic E-state index is 10.3. The molecule has 1 fully saturated rings. The molecule has 0 spiro atoms. The lowest BCUT2D eigenvalue weighted by Crippen LogP contribution is -2.43. The van der Waals surface area contributed by atoms with Crippen LogP contribution in [0.25, 0.3) is 0 Å². The molecular weight excluding hydrogens is 170 g/mol. The molecule has 3 atom stereocenters. The highest BCUT2D eigenvalue weighted by atomic mass is 35.5. The number of aliphatic hydroxyl groups is 1. The number of alkyl halides is 1. The predicted octanol–water partition coefficient (Wildman–Crippen LogP) is 0.784. The monoisotopic (exact) mass is 179 g/mol. The van der Waals surface area contributed by atoms with Gasteiger partial charge in [0.25, 0.3) is 0 Å². The molecule has 1 aliphatic carbocycles. The van der Waals surface area contributed by atoms with Crippen molar-refractivity contribution in [3.63, 3.8) is 0 Å². The third-order valence-corrected chi connectivity index (χ3v) is 2.49. The minimum atomic E-state index is -0.972. The van der Waals surface area contributed by atoms with Crippen molar-refractivity contribution in [3.8, 4) is 0 Å². The molecule has 0 amide bonds. The van der Waals surface area contributed by atoms with E-state index in [0.29, 0.717) is 12.8 Å². The Kier molecular flexibility index (Phi) is 2.67. The summed E-state index contributed by atoms with van der Waals surface area (Å²) < 4.78 is 0. The Bertz CT molecular complexity index is 164. The number of hydrogen-bond acceptors (Lipinski definition) is 3. The summed E-state index contributed by atoms with van der Waals surface area (Å²) in [4.78, 5) is 9.85. The zero-order valence-electron chi connectivity index (χ0n) is 5.94. The Balaban J connectivity index is 2.58. The Morgan fingerprint density at radius 3 is 2.64 bits per heavy atom. The van der Waals surface area contributed by atoms with Gasteiger partial charge < -0.3 is 5.11 Å². The highest BCUT2D eigenvalue weighted by molar-refractivity contribution is 6.21. The molecule has 0 bridgehead atoms. The minimum Gasteiger partial charge on any atom is -0.384 e. The summed E-state index contributed by atoms with van der Waals surface area (Å²) in [5, 5.41) is 19.1. The van der Waals surface area contributed by atoms with Crippen LogP contribution in [0.4, 0.5) is 0 Å². The molecule has 64 valence electrons. The maximum absolute atomic E-state index is 10.3. The molecule has 0 saturated heterocycles. The van der Waals surface area contributed by atoms with Crippen LogP contribution in [0.2, 0.25) is 0 Å². The number of halogens is 1. The van der Waals surface area contributed by atoms with Gasteiger partial charge in [-0.15, -0.1) is 11.6 Å². The van der Waals surface area contributed by atoms with Crippen molar-refractivity contribution in [2.24, 2.45) is 0 Å². The molecule has 0 aromatic heterocycles. The van der Waals surface area contributed by atoms with E-state index in [4.69, 9.17) is 11.6 Å². The molecule has 1 rings (SSSR count). The number of nitrogens with zero attached hydrogens (tertiary/aromatic N) is 1. The van der Waals surface area contributed by atoms with E-state index in [1.807, 2.05) is 0 Å². The summed E-state index contributed by atoms with van der Waals surface area (Å²) in [5.41, 5.74) is 0. The molecular formula is C6H10ClNO3. The number of aliphatic hydroxyl groups excluding tert-OH is 1. The first-order valence-electron chi connectivity index (χ1n) is 3.58. The van der Waals surface area contributed by atoms with Crippen molar-refractivity contribution < 1.29 is 10.0 Å². The van der Waals surface area contributed by atoms with Crippen LogP contribution in [0, 0.1) is 10.1 Å². The molecule has 0 aliphatic heterocycles. The van der Waals surface area contributed by atoms with E-state index < -0.39 is 22.4 Å². The lowest BCUT2D eigenvalue weighted by Gasteiger charge is -2.25. The molecule has 0 aromatic carbocycles. The largest absolute Gasteiger partial charge is 0.384 e. The Morgan fingerprint density at radius 1 is 1.55 bits per heavy atom. The van der Waals surface area contributed by atoms with Crippen molar-refractivity contribution in [2.45, 2.75) is 36.8 Å². The second kappa shape index (κ2) is 3.36. The van der Waals surface area contributed by atoms with Gasteiger partial charge in [-0.1, -0.05) is 0 Å². The third kappa shape index (κ3) is 1.81. The van der Waals surface area contributed by atoms with Gasteiger partial charge in [0.1, 0.15) is 6.10 Å². The van der Waals surface area contributed by atoms with E-state index in [0.717, 1.165) is 6.42 Å². The summed E-state index contributed by atoms with van der Waals surface area (Å²) in [5.74, 6) is 0. The molecule has 1 saturated carbocycles. The average Bonchev–Trinajstić information content (AvgIpc) is 1.94. The fourth-order valence-corrected chi connectivity index (χ4v) is 1.66. The van der Waals surface area contributed by atoms with E-state index in [1.54, 1.807) is 0 Å². The fraction of sp³-hybridized carbons (Fsp3) is 1.00. The van der Waals surface area contributed by atoms with Gasteiger partial charge in [-0.25, -0.2) is 0 Å². The highest BCUT2D eigenvalue weighted by Gasteiger charge is 2.38. The lowest BCUT2D eigenvalue weighted by molar-refractivity contribution is -0.537. The van der Waals surface area contributed by atoms with Crippen LogP contribution in [0.15, 0.2) is 0 Å². The maximum Gasteiger partial charge on any atom is 0.240 e. The first-order valence-corrected chi connectivity index (χ1v) is 4.02. The van der Waals surface area contributed by atoms with Crippen LogP contribution < -0.4 is 0 Å². The summed E-state index contributed by atoms with van der Waals surface area (Å²) in [6.07, 6.45) is 0.877. The van der Waals surface area contributed by atoms with Gasteiger partial charge in [0.15, 0.2) is 0 Å². The Morgan fingerprint density at radius 2 is 2.18 bits per heavy atom. The summed E-state index contributed by atoms with van der Waals surface area (Å²) >= 11 is 5.65. The molecule has 0 aromatic rings. The van der Waals surface area contributed by atoms with E-state index in [1.165, 1.54) is 0 Å². The molecule has 11 heavy (non-hydrogen) atoms. The molecule has 3 unspecified atom stereocenters. The van der Waals surface area contributed by atoms with Crippen LogP contribution in [-0.4, -0.2) is 27.6 Å². The molecule has 1 aliphatic rings. The standard InChI is InChI=1S/C6H10ClNO3/c7-4-2-1-3-5(6(4)9)8(10)11/h4-6,9H,1-3H2. The molecule has 1 N–H and O–H groups in total. The van der Waals surface area contributed by atoms with Gasteiger partial charge in [0, 0.05) is 11.3 Å². The van der Waals surface area contributed by atoms with E-state index in [9.17, 15) is 15.2 Å². The van der Waals surface area contributed by atoms with Crippen molar-refractivity contribution in [1.29, 1.82) is 0 Å². The second-order valence-corrected chi connectivity index (χ2v) is 3.35. The smallest absolute Gasteiger partial charge is 0.240 e. The topological polar surface area (TPSA) is 63.4 Å². The fourth-order valence-electron chi connectivity index (χ4n) is 1.33. The molecule has 0 radical (unpaired) electrons. The van der Waals surface area contributed by atoms with Crippen LogP contribution in [0.1, 0.15) is 19.3 Å². The number of rotatable bonds is 1. The van der Waals surface area contributed by atoms with Gasteiger partial charge in [0.2, 0.25) is 6.04 Å². The Labute approximate surface area is 69.3 Å². The lowest BCUT2D eigenvalue weighted by atomic mass is 9.93. The van der Waals surface area contributed by atoms with Gasteiger partial charge in [-0.2, -0.15) is 0 Å². The SMILES string of the molecule is O=[N+]([O-])C1CCCC(Cl)C1O. The van der Waals surface area contributed by atoms with Gasteiger partial charge in [-0.3, -0.25) is 10.1 Å². The summed E-state index contributed by atoms with van der Waals surface area (Å²) in [7, 11) is 0. The van der Waals surface area contributed by atoms with Gasteiger partial charge in [-0.05, 0) is 12.8 Å². The van der Waals surface area contributed by atoms with Crippen molar-refractivity contribution in [2.75, 3.05) is 0 Å². The van der Waals surface area contributed by atoms with Crippen LogP contribution >= 0.6 is 11.6 Å². The molecule has 5 heteroatoms. The second-order valence-electron chi connectivity index (χ2n) is 2.79. The number of nitro groups is 1. The third-order valence-electron chi connectivity index (χ3n) is 2.02. The highest BCUT2D eigenvalue weighted by Crippen LogP contribution is 2.24. The Hall–Kier alpha value is -0.350.